The first-order valence-corrected chi connectivity index (χ1v) is 21.2. The van der Waals surface area contributed by atoms with Crippen molar-refractivity contribution in [1.29, 1.82) is 0 Å². The summed E-state index contributed by atoms with van der Waals surface area (Å²) in [6.07, 6.45) is 3.34. The Labute approximate surface area is 392 Å². The van der Waals surface area contributed by atoms with Gasteiger partial charge in [0.05, 0.1) is 0 Å². The minimum Gasteiger partial charge on any atom is -0.459 e. The fourth-order valence-electron chi connectivity index (χ4n) is 7.38. The van der Waals surface area contributed by atoms with Crippen molar-refractivity contribution in [3.8, 4) is 11.1 Å². The van der Waals surface area contributed by atoms with Crippen LogP contribution in [-0.2, 0) is 41.7 Å². The van der Waals surface area contributed by atoms with Crippen LogP contribution in [0, 0.1) is 0 Å². The molecule has 0 saturated carbocycles. The minimum atomic E-state index is -1.15. The van der Waals surface area contributed by atoms with Crippen LogP contribution in [-0.4, -0.2) is 72.8 Å². The van der Waals surface area contributed by atoms with Crippen LogP contribution in [0.15, 0.2) is 127 Å². The first-order chi connectivity index (χ1) is 30.5. The van der Waals surface area contributed by atoms with Gasteiger partial charge in [-0.3, -0.25) is 24.2 Å². The van der Waals surface area contributed by atoms with Crippen molar-refractivity contribution in [3.63, 3.8) is 0 Å². The highest BCUT2D eigenvalue weighted by Gasteiger charge is 2.31. The summed E-state index contributed by atoms with van der Waals surface area (Å²) in [7, 11) is 0. The number of nitrogens with zero attached hydrogens (tertiary/aromatic N) is 1. The number of benzene rings is 5. The van der Waals surface area contributed by atoms with Crippen LogP contribution >= 0.6 is 24.8 Å². The zero-order valence-electron chi connectivity index (χ0n) is 36.5. The van der Waals surface area contributed by atoms with Gasteiger partial charge in [0, 0.05) is 19.9 Å². The summed E-state index contributed by atoms with van der Waals surface area (Å²) >= 11 is 0. The maximum Gasteiger partial charge on any atom is 0.329 e. The van der Waals surface area contributed by atoms with E-state index in [-0.39, 0.29) is 69.6 Å². The predicted octanol–water partition coefficient (Wildman–Crippen LogP) is 5.51. The topological polar surface area (TPSA) is 233 Å². The maximum atomic E-state index is 14.1. The first kappa shape index (κ1) is 52.9. The van der Waals surface area contributed by atoms with Crippen molar-refractivity contribution in [2.24, 2.45) is 22.2 Å². The van der Waals surface area contributed by atoms with Crippen molar-refractivity contribution in [2.75, 3.05) is 13.1 Å². The number of carbonyl (C=O) groups excluding carboxylic acids is 5. The molecule has 346 valence electrons. The number of aliphatic imine (C=N–C) groups is 1. The number of rotatable bonds is 23. The third kappa shape index (κ3) is 15.9. The number of ether oxygens (including phenoxy) is 1. The molecule has 0 aromatic heterocycles. The van der Waals surface area contributed by atoms with E-state index in [1.807, 2.05) is 78.9 Å². The summed E-state index contributed by atoms with van der Waals surface area (Å²) in [6.45, 7) is 5.57. The van der Waals surface area contributed by atoms with Crippen molar-refractivity contribution in [3.05, 3.63) is 133 Å². The summed E-state index contributed by atoms with van der Waals surface area (Å²) < 4.78 is 5.49. The van der Waals surface area contributed by atoms with Gasteiger partial charge in [0.1, 0.15) is 30.8 Å². The number of carbonyl (C=O) groups is 5. The summed E-state index contributed by atoms with van der Waals surface area (Å²) in [4.78, 5) is 71.6. The molecule has 0 saturated heterocycles. The summed E-state index contributed by atoms with van der Waals surface area (Å²) in [5, 5.41) is 15.6. The zero-order chi connectivity index (χ0) is 45.1. The standard InChI is InChI=1S/C49H58N8O6.2ClH/c1-3-14-42(48(62)63-31-34-15-5-4-6-16-34)57-46(60)41(22-13-28-53-49(51)52)55-45(59)40(21-11-12-27-50)56-47(61)43(54-32(2)58)29-33-23-25-35(26-24-33)44-38-19-9-7-17-36(38)30-37-18-8-10-20-39(37)44;;/h3-10,15-20,23-26,30,40-43H,1,11-14,21-22,27-29,31,50H2,2H3,(H,54,58)(H,55,59)(H,56,61)(H,57,60)(H4,51,52,53);2*1H/t40-,41-,42+,43+;;/m1../s1. The highest BCUT2D eigenvalue weighted by Crippen LogP contribution is 2.36. The molecule has 16 heteroatoms. The normalized spacial score (nSPS) is 12.5. The summed E-state index contributed by atoms with van der Waals surface area (Å²) in [6, 6.07) is 31.3. The van der Waals surface area contributed by atoms with E-state index in [0.717, 1.165) is 43.8 Å². The van der Waals surface area contributed by atoms with Gasteiger partial charge in [0.25, 0.3) is 0 Å². The van der Waals surface area contributed by atoms with Crippen LogP contribution in [0.5, 0.6) is 0 Å². The van der Waals surface area contributed by atoms with E-state index in [4.69, 9.17) is 21.9 Å². The number of hydrogen-bond donors (Lipinski definition) is 7. The lowest BCUT2D eigenvalue weighted by Crippen LogP contribution is -2.58. The lowest BCUT2D eigenvalue weighted by molar-refractivity contribution is -0.149. The minimum absolute atomic E-state index is 0. The Bertz CT molecular complexity index is 2340. The quantitative estimate of drug-likeness (QED) is 0.0109. The molecule has 5 aromatic carbocycles. The summed E-state index contributed by atoms with van der Waals surface area (Å²) in [5.41, 5.74) is 20.5. The molecule has 0 aliphatic heterocycles. The molecule has 0 fully saturated rings. The largest absolute Gasteiger partial charge is 0.459 e. The van der Waals surface area contributed by atoms with E-state index in [2.05, 4.69) is 63.2 Å². The maximum absolute atomic E-state index is 14.1. The zero-order valence-corrected chi connectivity index (χ0v) is 38.1. The SMILES string of the molecule is C=CC[C@H](NC(=O)[C@@H](CCCN=C(N)N)NC(=O)[C@@H](CCCCN)NC(=O)[C@H](Cc1ccc(-c2c3ccccc3cc3ccccc23)cc1)NC(C)=O)C(=O)OCc1ccccc1.Cl.Cl. The molecule has 0 radical (unpaired) electrons. The molecule has 65 heavy (non-hydrogen) atoms. The molecule has 0 spiro atoms. The van der Waals surface area contributed by atoms with Gasteiger partial charge < -0.3 is 43.2 Å². The van der Waals surface area contributed by atoms with Crippen LogP contribution in [0.2, 0.25) is 0 Å². The number of hydrogen-bond acceptors (Lipinski definition) is 8. The molecule has 0 unspecified atom stereocenters. The number of amides is 4. The van der Waals surface area contributed by atoms with E-state index < -0.39 is 53.8 Å². The molecule has 0 aliphatic carbocycles. The molecule has 5 aromatic rings. The fraction of sp³-hybridized carbons (Fsp3) is 0.306. The van der Waals surface area contributed by atoms with E-state index in [9.17, 15) is 24.0 Å². The van der Waals surface area contributed by atoms with Gasteiger partial charge in [0.15, 0.2) is 5.96 Å². The highest BCUT2D eigenvalue weighted by molar-refractivity contribution is 6.12. The van der Waals surface area contributed by atoms with Crippen LogP contribution in [0.4, 0.5) is 0 Å². The van der Waals surface area contributed by atoms with Crippen LogP contribution in [0.1, 0.15) is 56.6 Å². The van der Waals surface area contributed by atoms with Gasteiger partial charge >= 0.3 is 5.97 Å². The van der Waals surface area contributed by atoms with Crippen LogP contribution in [0.3, 0.4) is 0 Å². The Balaban J connectivity index is 0.00000561. The smallest absolute Gasteiger partial charge is 0.329 e. The number of nitrogens with two attached hydrogens (primary N) is 3. The number of halogens is 2. The van der Waals surface area contributed by atoms with Gasteiger partial charge in [-0.2, -0.15) is 0 Å². The van der Waals surface area contributed by atoms with Crippen molar-refractivity contribution >= 4 is 81.9 Å². The number of fused-ring (bicyclic) bond motifs is 2. The van der Waals surface area contributed by atoms with E-state index in [1.165, 1.54) is 13.0 Å². The second-order valence-electron chi connectivity index (χ2n) is 15.4. The molecule has 5 rings (SSSR count). The number of nitrogens with one attached hydrogen (secondary N) is 4. The molecular weight excluding hydrogens is 867 g/mol. The Morgan fingerprint density at radius 1 is 0.662 bits per heavy atom. The molecule has 10 N–H and O–H groups in total. The van der Waals surface area contributed by atoms with Gasteiger partial charge in [-0.15, -0.1) is 31.4 Å². The molecule has 4 amide bonds. The van der Waals surface area contributed by atoms with Gasteiger partial charge in [0.2, 0.25) is 23.6 Å². The second-order valence-corrected chi connectivity index (χ2v) is 15.4. The van der Waals surface area contributed by atoms with E-state index in [1.54, 1.807) is 0 Å². The van der Waals surface area contributed by atoms with Gasteiger partial charge in [-0.25, -0.2) is 4.79 Å². The highest BCUT2D eigenvalue weighted by atomic mass is 35.5. The van der Waals surface area contributed by atoms with E-state index in [0.29, 0.717) is 25.8 Å². The Morgan fingerprint density at radius 3 is 1.75 bits per heavy atom. The molecule has 0 aliphatic rings. The monoisotopic (exact) mass is 926 g/mol. The molecule has 0 heterocycles. The van der Waals surface area contributed by atoms with Crippen LogP contribution < -0.4 is 38.5 Å². The Morgan fingerprint density at radius 2 is 1.20 bits per heavy atom. The molecule has 4 atom stereocenters. The van der Waals surface area contributed by atoms with Crippen molar-refractivity contribution < 1.29 is 28.7 Å². The van der Waals surface area contributed by atoms with Gasteiger partial charge in [-0.1, -0.05) is 109 Å². The van der Waals surface area contributed by atoms with Crippen LogP contribution in [0.25, 0.3) is 32.7 Å². The fourth-order valence-corrected chi connectivity index (χ4v) is 7.38. The lowest BCUT2D eigenvalue weighted by Gasteiger charge is -2.26. The van der Waals surface area contributed by atoms with Crippen molar-refractivity contribution in [1.82, 2.24) is 21.3 Å². The molecule has 0 bridgehead atoms. The molecule has 14 nitrogen and oxygen atoms in total. The van der Waals surface area contributed by atoms with Gasteiger partial charge in [-0.05, 0) is 94.9 Å². The predicted molar refractivity (Wildman–Crippen MR) is 262 cm³/mol. The average molecular weight is 928 g/mol. The lowest BCUT2D eigenvalue weighted by atomic mass is 9.91. The summed E-state index contributed by atoms with van der Waals surface area (Å²) in [5.74, 6) is -3.10. The first-order valence-electron chi connectivity index (χ1n) is 21.2. The average Bonchev–Trinajstić information content (AvgIpc) is 3.28. The number of guanidine groups is 1. The number of unbranched alkanes of at least 4 members (excludes halogenated alkanes) is 1. The number of esters is 1. The van der Waals surface area contributed by atoms with E-state index >= 15 is 0 Å². The third-order valence-electron chi connectivity index (χ3n) is 10.5. The Kier molecular flexibility index (Phi) is 21.9. The molecular formula is C49H60Cl2N8O6. The Hall–Kier alpha value is -6.48. The second kappa shape index (κ2) is 27.0. The third-order valence-corrected chi connectivity index (χ3v) is 10.5. The van der Waals surface area contributed by atoms with Crippen molar-refractivity contribution in [2.45, 2.75) is 82.6 Å².